The van der Waals surface area contributed by atoms with Crippen molar-refractivity contribution in [3.63, 3.8) is 0 Å². The first-order valence-corrected chi connectivity index (χ1v) is 6.01. The predicted molar refractivity (Wildman–Crippen MR) is 65.2 cm³/mol. The van der Waals surface area contributed by atoms with Crippen LogP contribution in [0.1, 0.15) is 24.2 Å². The lowest BCUT2D eigenvalue weighted by atomic mass is 10.2. The summed E-state index contributed by atoms with van der Waals surface area (Å²) in [6, 6.07) is 3.41. The second kappa shape index (κ2) is 5.02. The Labute approximate surface area is 106 Å². The second-order valence-corrected chi connectivity index (χ2v) is 4.67. The lowest BCUT2D eigenvalue weighted by Crippen LogP contribution is -2.48. The Morgan fingerprint density at radius 3 is 2.71 bits per heavy atom. The zero-order chi connectivity index (χ0) is 12.4. The summed E-state index contributed by atoms with van der Waals surface area (Å²) in [6.07, 6.45) is 1.68. The number of halogens is 1. The summed E-state index contributed by atoms with van der Waals surface area (Å²) in [5, 5.41) is 0.254. The number of amides is 1. The van der Waals surface area contributed by atoms with Gasteiger partial charge in [-0.15, -0.1) is 0 Å². The number of nitrogens with zero attached hydrogens (tertiary/aromatic N) is 2. The first kappa shape index (κ1) is 12.3. The van der Waals surface area contributed by atoms with Crippen molar-refractivity contribution in [1.82, 2.24) is 9.88 Å². The van der Waals surface area contributed by atoms with Crippen LogP contribution in [-0.2, 0) is 4.74 Å². The average molecular weight is 255 g/mol. The van der Waals surface area contributed by atoms with Crippen LogP contribution in [0.4, 0.5) is 0 Å². The van der Waals surface area contributed by atoms with Gasteiger partial charge in [-0.25, -0.2) is 4.98 Å². The van der Waals surface area contributed by atoms with E-state index >= 15 is 0 Å². The molecule has 1 aromatic rings. The van der Waals surface area contributed by atoms with Gasteiger partial charge in [0.25, 0.3) is 5.91 Å². The molecule has 1 aromatic heterocycles. The molecule has 1 amide bonds. The van der Waals surface area contributed by atoms with Gasteiger partial charge >= 0.3 is 0 Å². The third kappa shape index (κ3) is 2.76. The molecule has 2 unspecified atom stereocenters. The topological polar surface area (TPSA) is 42.4 Å². The number of carbonyl (C=O) groups is 1. The molecule has 1 saturated heterocycles. The monoisotopic (exact) mass is 254 g/mol. The maximum atomic E-state index is 12.3. The molecule has 0 saturated carbocycles. The van der Waals surface area contributed by atoms with Crippen LogP contribution in [0.5, 0.6) is 0 Å². The number of aromatic nitrogens is 1. The number of pyridine rings is 1. The van der Waals surface area contributed by atoms with Crippen molar-refractivity contribution in [2.24, 2.45) is 0 Å². The molecule has 2 heterocycles. The van der Waals surface area contributed by atoms with E-state index in [2.05, 4.69) is 4.98 Å². The third-order valence-corrected chi connectivity index (χ3v) is 3.00. The summed E-state index contributed by atoms with van der Waals surface area (Å²) in [6.45, 7) is 5.10. The Kier molecular flexibility index (Phi) is 3.64. The van der Waals surface area contributed by atoms with Crippen LogP contribution >= 0.6 is 11.6 Å². The summed E-state index contributed by atoms with van der Waals surface area (Å²) in [5.74, 6) is -0.0786. The Morgan fingerprint density at radius 2 is 2.12 bits per heavy atom. The molecule has 0 aliphatic carbocycles. The molecule has 5 heteroatoms. The van der Waals surface area contributed by atoms with Gasteiger partial charge in [-0.1, -0.05) is 11.6 Å². The second-order valence-electron chi connectivity index (χ2n) is 4.31. The van der Waals surface area contributed by atoms with Gasteiger partial charge < -0.3 is 9.64 Å². The van der Waals surface area contributed by atoms with Gasteiger partial charge in [0.1, 0.15) is 5.15 Å². The van der Waals surface area contributed by atoms with Crippen molar-refractivity contribution >= 4 is 17.5 Å². The number of hydrogen-bond acceptors (Lipinski definition) is 3. The standard InChI is InChI=1S/C12H15ClN2O2/c1-8-6-15(7-9(2)17-8)12(16)10-4-3-5-14-11(10)13/h3-5,8-9H,6-7H2,1-2H3. The van der Waals surface area contributed by atoms with Crippen LogP contribution in [-0.4, -0.2) is 41.1 Å². The highest BCUT2D eigenvalue weighted by Crippen LogP contribution is 2.18. The van der Waals surface area contributed by atoms with E-state index in [-0.39, 0.29) is 23.3 Å². The molecule has 0 bridgehead atoms. The smallest absolute Gasteiger partial charge is 0.257 e. The van der Waals surface area contributed by atoms with Crippen molar-refractivity contribution < 1.29 is 9.53 Å². The van der Waals surface area contributed by atoms with Crippen molar-refractivity contribution in [3.05, 3.63) is 29.0 Å². The maximum Gasteiger partial charge on any atom is 0.257 e. The third-order valence-electron chi connectivity index (χ3n) is 2.70. The van der Waals surface area contributed by atoms with Crippen LogP contribution in [0, 0.1) is 0 Å². The maximum absolute atomic E-state index is 12.3. The van der Waals surface area contributed by atoms with Crippen molar-refractivity contribution in [2.45, 2.75) is 26.1 Å². The van der Waals surface area contributed by atoms with Crippen LogP contribution in [0.15, 0.2) is 18.3 Å². The molecule has 1 fully saturated rings. The predicted octanol–water partition coefficient (Wildman–Crippen LogP) is 1.98. The highest BCUT2D eigenvalue weighted by atomic mass is 35.5. The normalized spacial score (nSPS) is 24.8. The molecule has 0 aromatic carbocycles. The number of ether oxygens (including phenoxy) is 1. The highest BCUT2D eigenvalue weighted by Gasteiger charge is 2.27. The number of morpholine rings is 1. The van der Waals surface area contributed by atoms with E-state index in [0.717, 1.165) is 0 Å². The summed E-state index contributed by atoms with van der Waals surface area (Å²) < 4.78 is 5.59. The quantitative estimate of drug-likeness (QED) is 0.720. The lowest BCUT2D eigenvalue weighted by molar-refractivity contribution is -0.0586. The van der Waals surface area contributed by atoms with Gasteiger partial charge in [0, 0.05) is 19.3 Å². The molecule has 0 spiro atoms. The molecule has 2 atom stereocenters. The van der Waals surface area contributed by atoms with E-state index in [1.807, 2.05) is 13.8 Å². The molecule has 2 rings (SSSR count). The lowest BCUT2D eigenvalue weighted by Gasteiger charge is -2.35. The zero-order valence-electron chi connectivity index (χ0n) is 9.89. The van der Waals surface area contributed by atoms with Gasteiger partial charge in [0.15, 0.2) is 0 Å². The fourth-order valence-electron chi connectivity index (χ4n) is 2.06. The molecular formula is C12H15ClN2O2. The van der Waals surface area contributed by atoms with Gasteiger partial charge in [0.2, 0.25) is 0 Å². The Hall–Kier alpha value is -1.13. The van der Waals surface area contributed by atoms with Gasteiger partial charge in [-0.05, 0) is 26.0 Å². The van der Waals surface area contributed by atoms with E-state index in [4.69, 9.17) is 16.3 Å². The Balaban J connectivity index is 2.17. The van der Waals surface area contributed by atoms with Crippen LogP contribution in [0.25, 0.3) is 0 Å². The first-order chi connectivity index (χ1) is 8.08. The van der Waals surface area contributed by atoms with E-state index < -0.39 is 0 Å². The van der Waals surface area contributed by atoms with E-state index in [1.54, 1.807) is 23.2 Å². The zero-order valence-corrected chi connectivity index (χ0v) is 10.6. The minimum absolute atomic E-state index is 0.0538. The number of hydrogen-bond donors (Lipinski definition) is 0. The van der Waals surface area contributed by atoms with E-state index in [1.165, 1.54) is 0 Å². The average Bonchev–Trinajstić information content (AvgIpc) is 2.27. The van der Waals surface area contributed by atoms with E-state index in [0.29, 0.717) is 18.7 Å². The van der Waals surface area contributed by atoms with Crippen molar-refractivity contribution in [2.75, 3.05) is 13.1 Å². The van der Waals surface area contributed by atoms with Gasteiger partial charge in [0.05, 0.1) is 17.8 Å². The summed E-state index contributed by atoms with van der Waals surface area (Å²) in [4.78, 5) is 17.9. The van der Waals surface area contributed by atoms with Crippen LogP contribution in [0.3, 0.4) is 0 Å². The molecule has 92 valence electrons. The summed E-state index contributed by atoms with van der Waals surface area (Å²) in [5.41, 5.74) is 0.454. The Bertz CT molecular complexity index is 415. The van der Waals surface area contributed by atoms with Crippen molar-refractivity contribution in [1.29, 1.82) is 0 Å². The SMILES string of the molecule is CC1CN(C(=O)c2cccnc2Cl)CC(C)O1. The van der Waals surface area contributed by atoms with E-state index in [9.17, 15) is 4.79 Å². The largest absolute Gasteiger partial charge is 0.372 e. The Morgan fingerprint density at radius 1 is 1.47 bits per heavy atom. The molecular weight excluding hydrogens is 240 g/mol. The minimum Gasteiger partial charge on any atom is -0.372 e. The minimum atomic E-state index is -0.0786. The van der Waals surface area contributed by atoms with Gasteiger partial charge in [-0.2, -0.15) is 0 Å². The number of rotatable bonds is 1. The van der Waals surface area contributed by atoms with Crippen LogP contribution < -0.4 is 0 Å². The summed E-state index contributed by atoms with van der Waals surface area (Å²) >= 11 is 5.92. The fourth-order valence-corrected chi connectivity index (χ4v) is 2.26. The highest BCUT2D eigenvalue weighted by molar-refractivity contribution is 6.32. The summed E-state index contributed by atoms with van der Waals surface area (Å²) in [7, 11) is 0. The molecule has 0 radical (unpaired) electrons. The van der Waals surface area contributed by atoms with Crippen LogP contribution in [0.2, 0.25) is 5.15 Å². The molecule has 17 heavy (non-hydrogen) atoms. The molecule has 0 N–H and O–H groups in total. The molecule has 1 aliphatic rings. The van der Waals surface area contributed by atoms with Crippen molar-refractivity contribution in [3.8, 4) is 0 Å². The fraction of sp³-hybridized carbons (Fsp3) is 0.500. The first-order valence-electron chi connectivity index (χ1n) is 5.63. The van der Waals surface area contributed by atoms with Gasteiger partial charge in [-0.3, -0.25) is 4.79 Å². The molecule has 4 nitrogen and oxygen atoms in total. The molecule has 1 aliphatic heterocycles. The number of carbonyl (C=O) groups excluding carboxylic acids is 1.